The molecule has 6 N–H and O–H groups in total. The van der Waals surface area contributed by atoms with Crippen molar-refractivity contribution in [2.45, 2.75) is 30.6 Å². The fourth-order valence-corrected chi connectivity index (χ4v) is 2.24. The molecule has 1 aromatic heterocycles. The van der Waals surface area contributed by atoms with Crippen molar-refractivity contribution in [1.82, 2.24) is 10.3 Å². The molecule has 10 nitrogen and oxygen atoms in total. The van der Waals surface area contributed by atoms with Crippen LogP contribution in [0, 0.1) is 0 Å². The zero-order chi connectivity index (χ0) is 17.1. The number of methoxy groups -OCH3 is 1. The molecule has 2 rings (SSSR count). The van der Waals surface area contributed by atoms with Crippen LogP contribution < -0.4 is 10.1 Å². The number of carbonyl (C=O) groups is 1. The zero-order valence-corrected chi connectivity index (χ0v) is 12.2. The van der Waals surface area contributed by atoms with Crippen molar-refractivity contribution in [2.24, 2.45) is 0 Å². The molecule has 2 heterocycles. The quantitative estimate of drug-likeness (QED) is 0.345. The van der Waals surface area contributed by atoms with E-state index in [0.717, 1.165) is 0 Å². The van der Waals surface area contributed by atoms with Gasteiger partial charge in [-0.1, -0.05) is 0 Å². The van der Waals surface area contributed by atoms with Crippen LogP contribution in [0.3, 0.4) is 0 Å². The number of hydrogen-bond donors (Lipinski definition) is 6. The molecule has 0 bridgehead atoms. The summed E-state index contributed by atoms with van der Waals surface area (Å²) in [5.74, 6) is -1.41. The largest absolute Gasteiger partial charge is 0.503 e. The van der Waals surface area contributed by atoms with Gasteiger partial charge in [-0.2, -0.15) is 0 Å². The van der Waals surface area contributed by atoms with E-state index in [1.807, 2.05) is 0 Å². The van der Waals surface area contributed by atoms with Gasteiger partial charge in [-0.05, 0) is 0 Å². The third-order valence-corrected chi connectivity index (χ3v) is 3.52. The van der Waals surface area contributed by atoms with E-state index < -0.39 is 48.9 Å². The van der Waals surface area contributed by atoms with Crippen molar-refractivity contribution in [2.75, 3.05) is 13.7 Å². The fourth-order valence-electron chi connectivity index (χ4n) is 2.24. The molecule has 0 aliphatic carbocycles. The van der Waals surface area contributed by atoms with E-state index in [1.165, 1.54) is 19.4 Å². The Kier molecular flexibility index (Phi) is 5.34. The van der Waals surface area contributed by atoms with Gasteiger partial charge in [-0.25, -0.2) is 4.98 Å². The monoisotopic (exact) mass is 330 g/mol. The standard InChI is InChI=1S/C13H18N2O8/c1-22-5-2-3-14-7(9(5)17)12(20)15-8-11(19)10(18)6(4-16)23-13(8)21/h2-3,6,8,10-11,13,16-19,21H,4H2,1H3,(H,15,20)/t6-,8?,10?,11?,13?/m1/s1. The minimum Gasteiger partial charge on any atom is -0.503 e. The summed E-state index contributed by atoms with van der Waals surface area (Å²) in [4.78, 5) is 15.9. The number of aromatic hydroxyl groups is 1. The van der Waals surface area contributed by atoms with Crippen molar-refractivity contribution in [3.63, 3.8) is 0 Å². The van der Waals surface area contributed by atoms with Gasteiger partial charge in [0.05, 0.1) is 13.7 Å². The Morgan fingerprint density at radius 3 is 2.70 bits per heavy atom. The Morgan fingerprint density at radius 1 is 1.39 bits per heavy atom. The molecule has 0 spiro atoms. The number of nitrogens with zero attached hydrogens (tertiary/aromatic N) is 1. The molecule has 0 radical (unpaired) electrons. The van der Waals surface area contributed by atoms with Crippen LogP contribution in [0.4, 0.5) is 0 Å². The topological polar surface area (TPSA) is 162 Å². The number of aliphatic hydroxyl groups is 4. The molecule has 1 aliphatic heterocycles. The SMILES string of the molecule is COc1ccnc(C(=O)NC2C(O)O[C@H](CO)C(O)C2O)c1O. The molecule has 0 saturated carbocycles. The average Bonchev–Trinajstić information content (AvgIpc) is 2.54. The highest BCUT2D eigenvalue weighted by Gasteiger charge is 2.44. The third kappa shape index (κ3) is 3.35. The second-order valence-electron chi connectivity index (χ2n) is 4.94. The second kappa shape index (κ2) is 7.06. The molecule has 0 aromatic carbocycles. The lowest BCUT2D eigenvalue weighted by atomic mass is 9.97. The van der Waals surface area contributed by atoms with Crippen LogP contribution in [0.1, 0.15) is 10.5 Å². The van der Waals surface area contributed by atoms with E-state index in [-0.39, 0.29) is 11.4 Å². The molecule has 23 heavy (non-hydrogen) atoms. The summed E-state index contributed by atoms with van der Waals surface area (Å²) in [5, 5.41) is 50.6. The van der Waals surface area contributed by atoms with Crippen molar-refractivity contribution in [1.29, 1.82) is 0 Å². The molecule has 1 saturated heterocycles. The van der Waals surface area contributed by atoms with Crippen LogP contribution in [-0.2, 0) is 4.74 Å². The van der Waals surface area contributed by atoms with Crippen LogP contribution in [0.25, 0.3) is 0 Å². The van der Waals surface area contributed by atoms with Crippen LogP contribution in [0.5, 0.6) is 11.5 Å². The normalized spacial score (nSPS) is 30.7. The molecule has 1 aliphatic rings. The summed E-state index contributed by atoms with van der Waals surface area (Å²) in [6, 6.07) is -0.0394. The minimum atomic E-state index is -1.66. The first-order valence-electron chi connectivity index (χ1n) is 6.74. The second-order valence-corrected chi connectivity index (χ2v) is 4.94. The predicted octanol–water partition coefficient (Wildman–Crippen LogP) is -2.67. The van der Waals surface area contributed by atoms with Crippen LogP contribution in [-0.4, -0.2) is 80.8 Å². The Labute approximate surface area is 130 Å². The highest BCUT2D eigenvalue weighted by Crippen LogP contribution is 2.28. The van der Waals surface area contributed by atoms with Crippen LogP contribution in [0.15, 0.2) is 12.3 Å². The minimum absolute atomic E-state index is 0.0199. The van der Waals surface area contributed by atoms with Crippen LogP contribution >= 0.6 is 0 Å². The van der Waals surface area contributed by atoms with Gasteiger partial charge in [-0.3, -0.25) is 4.79 Å². The van der Waals surface area contributed by atoms with E-state index in [1.54, 1.807) is 0 Å². The molecule has 5 atom stereocenters. The van der Waals surface area contributed by atoms with E-state index in [4.69, 9.17) is 14.6 Å². The molecular weight excluding hydrogens is 312 g/mol. The summed E-state index contributed by atoms with van der Waals surface area (Å²) in [6.45, 7) is -0.617. The maximum Gasteiger partial charge on any atom is 0.274 e. The van der Waals surface area contributed by atoms with Gasteiger partial charge < -0.3 is 40.3 Å². The number of amides is 1. The summed E-state index contributed by atoms with van der Waals surface area (Å²) in [5.41, 5.74) is -0.387. The smallest absolute Gasteiger partial charge is 0.274 e. The summed E-state index contributed by atoms with van der Waals surface area (Å²) < 4.78 is 9.77. The van der Waals surface area contributed by atoms with Crippen LogP contribution in [0.2, 0.25) is 0 Å². The average molecular weight is 330 g/mol. The molecule has 10 heteroatoms. The lowest BCUT2D eigenvalue weighted by molar-refractivity contribution is -0.252. The molecule has 1 fully saturated rings. The summed E-state index contributed by atoms with van der Waals surface area (Å²) in [6.07, 6.45) is -4.72. The lowest BCUT2D eigenvalue weighted by Crippen LogP contribution is -2.64. The highest BCUT2D eigenvalue weighted by atomic mass is 16.6. The van der Waals surface area contributed by atoms with E-state index in [0.29, 0.717) is 0 Å². The maximum absolute atomic E-state index is 12.2. The van der Waals surface area contributed by atoms with Crippen molar-refractivity contribution in [3.05, 3.63) is 18.0 Å². The zero-order valence-electron chi connectivity index (χ0n) is 12.2. The molecule has 128 valence electrons. The number of hydrogen-bond acceptors (Lipinski definition) is 9. The maximum atomic E-state index is 12.2. The first kappa shape index (κ1) is 17.4. The number of aromatic nitrogens is 1. The number of ether oxygens (including phenoxy) is 2. The van der Waals surface area contributed by atoms with Gasteiger partial charge in [0.25, 0.3) is 5.91 Å². The van der Waals surface area contributed by atoms with E-state index >= 15 is 0 Å². The van der Waals surface area contributed by atoms with E-state index in [2.05, 4.69) is 10.3 Å². The van der Waals surface area contributed by atoms with Gasteiger partial charge in [0.1, 0.15) is 24.4 Å². The number of carbonyl (C=O) groups excluding carboxylic acids is 1. The van der Waals surface area contributed by atoms with Gasteiger partial charge in [0.15, 0.2) is 23.5 Å². The summed E-state index contributed by atoms with van der Waals surface area (Å²) >= 11 is 0. The molecule has 4 unspecified atom stereocenters. The van der Waals surface area contributed by atoms with Crippen molar-refractivity contribution >= 4 is 5.91 Å². The number of nitrogens with one attached hydrogen (secondary N) is 1. The number of aliphatic hydroxyl groups excluding tert-OH is 4. The van der Waals surface area contributed by atoms with Gasteiger partial charge >= 0.3 is 0 Å². The Hall–Kier alpha value is -1.98. The number of rotatable bonds is 4. The van der Waals surface area contributed by atoms with Gasteiger partial charge in [0.2, 0.25) is 0 Å². The molecule has 1 amide bonds. The summed E-state index contributed by atoms with van der Waals surface area (Å²) in [7, 11) is 1.30. The highest BCUT2D eigenvalue weighted by molar-refractivity contribution is 5.95. The van der Waals surface area contributed by atoms with Crippen molar-refractivity contribution < 1.29 is 39.8 Å². The van der Waals surface area contributed by atoms with E-state index in [9.17, 15) is 25.2 Å². The molecule has 1 aromatic rings. The Bertz CT molecular complexity index is 569. The lowest BCUT2D eigenvalue weighted by Gasteiger charge is -2.40. The Morgan fingerprint density at radius 2 is 2.09 bits per heavy atom. The van der Waals surface area contributed by atoms with Crippen molar-refractivity contribution in [3.8, 4) is 11.5 Å². The van der Waals surface area contributed by atoms with Gasteiger partial charge in [-0.15, -0.1) is 0 Å². The fraction of sp³-hybridized carbons (Fsp3) is 0.538. The number of pyridine rings is 1. The first-order valence-corrected chi connectivity index (χ1v) is 6.74. The van der Waals surface area contributed by atoms with Gasteiger partial charge in [0, 0.05) is 12.3 Å². The third-order valence-electron chi connectivity index (χ3n) is 3.52. The Balaban J connectivity index is 2.17. The first-order chi connectivity index (χ1) is 10.9. The molecular formula is C13H18N2O8. The predicted molar refractivity (Wildman–Crippen MR) is 73.7 cm³/mol.